The van der Waals surface area contributed by atoms with Crippen molar-refractivity contribution >= 4 is 58.2 Å². The Kier molecular flexibility index (Phi) is 5.62. The van der Waals surface area contributed by atoms with Crippen LogP contribution in [0, 0.1) is 0 Å². The second-order valence-electron chi connectivity index (χ2n) is 6.15. The normalized spacial score (nSPS) is 13.9. The van der Waals surface area contributed by atoms with Crippen LogP contribution in [0.25, 0.3) is 0 Å². The standard InChI is InChI=1S/C22H14Cl2N2O2S/c23-14-11-12-18(17(24)13-14)26-21(27)19(25-15-7-3-1-4-8-15)20(22(26)28)29-16-9-5-2-6-10-16/h1-13,25H. The van der Waals surface area contributed by atoms with Gasteiger partial charge < -0.3 is 5.32 Å². The molecule has 0 spiro atoms. The van der Waals surface area contributed by atoms with Crippen LogP contribution in [0.1, 0.15) is 0 Å². The van der Waals surface area contributed by atoms with Crippen LogP contribution < -0.4 is 10.2 Å². The maximum absolute atomic E-state index is 13.3. The van der Waals surface area contributed by atoms with Crippen LogP contribution in [-0.4, -0.2) is 11.8 Å². The van der Waals surface area contributed by atoms with E-state index in [1.54, 1.807) is 12.1 Å². The number of nitrogens with one attached hydrogen (secondary N) is 1. The van der Waals surface area contributed by atoms with E-state index >= 15 is 0 Å². The second-order valence-corrected chi connectivity index (χ2v) is 8.08. The Morgan fingerprint density at radius 1 is 0.793 bits per heavy atom. The van der Waals surface area contributed by atoms with Gasteiger partial charge in [0.1, 0.15) is 10.6 Å². The number of para-hydroxylation sites is 1. The summed E-state index contributed by atoms with van der Waals surface area (Å²) in [5.41, 5.74) is 1.21. The van der Waals surface area contributed by atoms with Gasteiger partial charge >= 0.3 is 0 Å². The van der Waals surface area contributed by atoms with Crippen molar-refractivity contribution in [3.63, 3.8) is 0 Å². The summed E-state index contributed by atoms with van der Waals surface area (Å²) in [6, 6.07) is 23.3. The number of carbonyl (C=O) groups excluding carboxylic acids is 2. The van der Waals surface area contributed by atoms with Gasteiger partial charge in [0.25, 0.3) is 11.8 Å². The molecule has 0 unspecified atom stereocenters. The van der Waals surface area contributed by atoms with E-state index < -0.39 is 11.8 Å². The molecule has 7 heteroatoms. The highest BCUT2D eigenvalue weighted by atomic mass is 35.5. The summed E-state index contributed by atoms with van der Waals surface area (Å²) in [6.07, 6.45) is 0. The number of rotatable bonds is 5. The Labute approximate surface area is 182 Å². The molecule has 1 N–H and O–H groups in total. The van der Waals surface area contributed by atoms with Crippen LogP contribution in [0.15, 0.2) is 94.4 Å². The quantitative estimate of drug-likeness (QED) is 0.495. The third kappa shape index (κ3) is 4.03. The second kappa shape index (κ2) is 8.33. The van der Waals surface area contributed by atoms with E-state index in [1.807, 2.05) is 60.7 Å². The maximum atomic E-state index is 13.3. The number of hydrogen-bond acceptors (Lipinski definition) is 4. The molecule has 3 aromatic rings. The summed E-state index contributed by atoms with van der Waals surface area (Å²) in [5.74, 6) is -0.909. The molecule has 0 saturated heterocycles. The third-order valence-electron chi connectivity index (χ3n) is 4.20. The van der Waals surface area contributed by atoms with Gasteiger partial charge in [-0.15, -0.1) is 0 Å². The lowest BCUT2D eigenvalue weighted by Gasteiger charge is -2.17. The molecule has 144 valence electrons. The van der Waals surface area contributed by atoms with Crippen LogP contribution in [-0.2, 0) is 9.59 Å². The van der Waals surface area contributed by atoms with Crippen molar-refractivity contribution in [3.05, 3.63) is 99.5 Å². The Morgan fingerprint density at radius 3 is 2.10 bits per heavy atom. The molecule has 2 amide bonds. The molecule has 0 aliphatic carbocycles. The van der Waals surface area contributed by atoms with Gasteiger partial charge in [0.15, 0.2) is 0 Å². The van der Waals surface area contributed by atoms with Gasteiger partial charge in [-0.25, -0.2) is 4.90 Å². The number of benzene rings is 3. The Hall–Kier alpha value is -2.73. The van der Waals surface area contributed by atoms with Gasteiger partial charge in [-0.1, -0.05) is 71.4 Å². The first-order valence-electron chi connectivity index (χ1n) is 8.67. The van der Waals surface area contributed by atoms with E-state index in [2.05, 4.69) is 5.32 Å². The van der Waals surface area contributed by atoms with Gasteiger partial charge in [0.05, 0.1) is 10.7 Å². The predicted octanol–water partition coefficient (Wildman–Crippen LogP) is 5.98. The molecule has 3 aromatic carbocycles. The summed E-state index contributed by atoms with van der Waals surface area (Å²) < 4.78 is 0. The molecule has 0 saturated carbocycles. The fourth-order valence-electron chi connectivity index (χ4n) is 2.87. The van der Waals surface area contributed by atoms with Crippen molar-refractivity contribution < 1.29 is 9.59 Å². The van der Waals surface area contributed by atoms with Gasteiger partial charge in [0.2, 0.25) is 0 Å². The number of amides is 2. The van der Waals surface area contributed by atoms with E-state index in [-0.39, 0.29) is 10.7 Å². The van der Waals surface area contributed by atoms with Crippen LogP contribution in [0.5, 0.6) is 0 Å². The number of imide groups is 1. The van der Waals surface area contributed by atoms with Crippen molar-refractivity contribution in [3.8, 4) is 0 Å². The largest absolute Gasteiger partial charge is 0.350 e. The van der Waals surface area contributed by atoms with E-state index in [0.29, 0.717) is 21.3 Å². The molecule has 1 aliphatic heterocycles. The van der Waals surface area contributed by atoms with Crippen LogP contribution in [0.4, 0.5) is 11.4 Å². The van der Waals surface area contributed by atoms with Crippen LogP contribution >= 0.6 is 35.0 Å². The van der Waals surface area contributed by atoms with Crippen molar-refractivity contribution in [2.24, 2.45) is 0 Å². The molecule has 0 radical (unpaired) electrons. The van der Waals surface area contributed by atoms with Crippen molar-refractivity contribution in [1.82, 2.24) is 0 Å². The smallest absolute Gasteiger partial charge is 0.283 e. The Morgan fingerprint density at radius 2 is 1.45 bits per heavy atom. The fraction of sp³-hybridized carbons (Fsp3) is 0. The number of thioether (sulfide) groups is 1. The molecule has 29 heavy (non-hydrogen) atoms. The Bertz CT molecular complexity index is 1050. The lowest BCUT2D eigenvalue weighted by Crippen LogP contribution is -2.32. The van der Waals surface area contributed by atoms with Gasteiger partial charge in [0, 0.05) is 15.6 Å². The Balaban J connectivity index is 1.76. The van der Waals surface area contributed by atoms with Crippen molar-refractivity contribution in [1.29, 1.82) is 0 Å². The lowest BCUT2D eigenvalue weighted by molar-refractivity contribution is -0.120. The number of nitrogens with zero attached hydrogens (tertiary/aromatic N) is 1. The number of hydrogen-bond donors (Lipinski definition) is 1. The zero-order valence-electron chi connectivity index (χ0n) is 14.9. The van der Waals surface area contributed by atoms with Crippen molar-refractivity contribution in [2.75, 3.05) is 10.2 Å². The zero-order valence-corrected chi connectivity index (χ0v) is 17.3. The molecule has 0 fully saturated rings. The highest BCUT2D eigenvalue weighted by Gasteiger charge is 2.41. The lowest BCUT2D eigenvalue weighted by atomic mass is 10.3. The van der Waals surface area contributed by atoms with Crippen LogP contribution in [0.2, 0.25) is 10.0 Å². The molecule has 1 heterocycles. The van der Waals surface area contributed by atoms with Gasteiger partial charge in [-0.3, -0.25) is 9.59 Å². The molecular formula is C22H14Cl2N2O2S. The van der Waals surface area contributed by atoms with E-state index in [0.717, 1.165) is 9.80 Å². The van der Waals surface area contributed by atoms with Crippen molar-refractivity contribution in [2.45, 2.75) is 4.90 Å². The average Bonchev–Trinajstić information content (AvgIpc) is 2.94. The van der Waals surface area contributed by atoms with E-state index in [9.17, 15) is 9.59 Å². The minimum absolute atomic E-state index is 0.209. The van der Waals surface area contributed by atoms with E-state index in [1.165, 1.54) is 17.8 Å². The highest BCUT2D eigenvalue weighted by molar-refractivity contribution is 8.04. The highest BCUT2D eigenvalue weighted by Crippen LogP contribution is 2.40. The topological polar surface area (TPSA) is 49.4 Å². The summed E-state index contributed by atoms with van der Waals surface area (Å²) >= 11 is 13.5. The summed E-state index contributed by atoms with van der Waals surface area (Å²) in [7, 11) is 0. The van der Waals surface area contributed by atoms with Gasteiger partial charge in [-0.2, -0.15) is 0 Å². The predicted molar refractivity (Wildman–Crippen MR) is 118 cm³/mol. The molecular weight excluding hydrogens is 427 g/mol. The minimum Gasteiger partial charge on any atom is -0.350 e. The molecule has 0 bridgehead atoms. The third-order valence-corrected chi connectivity index (χ3v) is 5.83. The zero-order chi connectivity index (χ0) is 20.4. The SMILES string of the molecule is O=C1C(Nc2ccccc2)=C(Sc2ccccc2)C(=O)N1c1ccc(Cl)cc1Cl. The molecule has 4 rings (SSSR count). The molecule has 0 aromatic heterocycles. The average molecular weight is 441 g/mol. The first-order valence-corrected chi connectivity index (χ1v) is 10.2. The summed E-state index contributed by atoms with van der Waals surface area (Å²) in [5, 5.41) is 3.75. The minimum atomic E-state index is -0.471. The van der Waals surface area contributed by atoms with Gasteiger partial charge in [-0.05, 0) is 42.5 Å². The monoisotopic (exact) mass is 440 g/mol. The number of anilines is 2. The summed E-state index contributed by atoms with van der Waals surface area (Å²) in [4.78, 5) is 28.7. The molecule has 0 atom stereocenters. The van der Waals surface area contributed by atoms with E-state index in [4.69, 9.17) is 23.2 Å². The first kappa shape index (κ1) is 19.6. The molecule has 1 aliphatic rings. The number of halogens is 2. The first-order chi connectivity index (χ1) is 14.0. The maximum Gasteiger partial charge on any atom is 0.283 e. The fourth-order valence-corrected chi connectivity index (χ4v) is 4.31. The van der Waals surface area contributed by atoms with Crippen LogP contribution in [0.3, 0.4) is 0 Å². The number of carbonyl (C=O) groups is 2. The molecule has 4 nitrogen and oxygen atoms in total. The summed E-state index contributed by atoms with van der Waals surface area (Å²) in [6.45, 7) is 0.